The Bertz CT molecular complexity index is 307. The Kier molecular flexibility index (Phi) is 2.13. The normalized spacial score (nSPS) is 27.0. The second-order valence-corrected chi connectivity index (χ2v) is 3.58. The number of aromatic nitrogens is 1. The van der Waals surface area contributed by atoms with Gasteiger partial charge in [0.25, 0.3) is 0 Å². The number of hydrogen-bond acceptors (Lipinski definition) is 2. The predicted molar refractivity (Wildman–Crippen MR) is 50.4 cm³/mol. The van der Waals surface area contributed by atoms with Crippen LogP contribution in [-0.2, 0) is 4.79 Å². The molecule has 1 heterocycles. The second-order valence-electron chi connectivity index (χ2n) is 3.58. The van der Waals surface area contributed by atoms with Gasteiger partial charge in [-0.3, -0.25) is 9.78 Å². The van der Waals surface area contributed by atoms with Gasteiger partial charge in [0.1, 0.15) is 5.78 Å². The summed E-state index contributed by atoms with van der Waals surface area (Å²) in [7, 11) is 0. The third-order valence-corrected chi connectivity index (χ3v) is 2.87. The first-order valence-corrected chi connectivity index (χ1v) is 4.75. The van der Waals surface area contributed by atoms with E-state index in [0.717, 1.165) is 6.42 Å². The van der Waals surface area contributed by atoms with Crippen LogP contribution in [0.25, 0.3) is 0 Å². The summed E-state index contributed by atoms with van der Waals surface area (Å²) in [6.45, 7) is 2.07. The van der Waals surface area contributed by atoms with Crippen molar-refractivity contribution in [3.63, 3.8) is 0 Å². The Morgan fingerprint density at radius 2 is 2.46 bits per heavy atom. The minimum atomic E-state index is 0.254. The van der Waals surface area contributed by atoms with E-state index in [1.165, 1.54) is 5.56 Å². The molecule has 1 fully saturated rings. The molecule has 1 aromatic rings. The lowest BCUT2D eigenvalue weighted by molar-refractivity contribution is -0.131. The SMILES string of the molecule is CCC1C(=O)CC1c1cccnc1. The summed E-state index contributed by atoms with van der Waals surface area (Å²) in [5, 5.41) is 0. The maximum absolute atomic E-state index is 11.2. The molecule has 2 heteroatoms. The third kappa shape index (κ3) is 1.37. The fourth-order valence-electron chi connectivity index (χ4n) is 2.03. The highest BCUT2D eigenvalue weighted by molar-refractivity contribution is 5.89. The lowest BCUT2D eigenvalue weighted by atomic mass is 9.68. The van der Waals surface area contributed by atoms with Crippen molar-refractivity contribution in [3.8, 4) is 0 Å². The standard InChI is InChI=1S/C11H13NO/c1-2-9-10(6-11(9)13)8-4-3-5-12-7-8/h3-5,7,9-10H,2,6H2,1H3. The molecule has 0 N–H and O–H groups in total. The van der Waals surface area contributed by atoms with Gasteiger partial charge in [-0.05, 0) is 18.1 Å². The molecule has 0 spiro atoms. The molecule has 1 saturated carbocycles. The van der Waals surface area contributed by atoms with Crippen LogP contribution in [0.1, 0.15) is 31.2 Å². The van der Waals surface area contributed by atoms with Crippen molar-refractivity contribution < 1.29 is 4.79 Å². The van der Waals surface area contributed by atoms with E-state index in [2.05, 4.69) is 18.0 Å². The molecule has 13 heavy (non-hydrogen) atoms. The molecule has 0 amide bonds. The number of rotatable bonds is 2. The molecule has 0 aliphatic heterocycles. The number of carbonyl (C=O) groups excluding carboxylic acids is 1. The van der Waals surface area contributed by atoms with E-state index in [1.54, 1.807) is 6.20 Å². The first kappa shape index (κ1) is 8.42. The van der Waals surface area contributed by atoms with E-state index in [9.17, 15) is 4.79 Å². The first-order valence-electron chi connectivity index (χ1n) is 4.75. The molecule has 1 aromatic heterocycles. The van der Waals surface area contributed by atoms with E-state index < -0.39 is 0 Å². The van der Waals surface area contributed by atoms with Crippen molar-refractivity contribution in [1.29, 1.82) is 0 Å². The molecule has 1 aliphatic carbocycles. The average molecular weight is 175 g/mol. The molecule has 0 bridgehead atoms. The smallest absolute Gasteiger partial charge is 0.137 e. The maximum atomic E-state index is 11.2. The summed E-state index contributed by atoms with van der Waals surface area (Å²) >= 11 is 0. The van der Waals surface area contributed by atoms with E-state index in [0.29, 0.717) is 18.1 Å². The van der Waals surface area contributed by atoms with Crippen molar-refractivity contribution >= 4 is 5.78 Å². The number of pyridine rings is 1. The van der Waals surface area contributed by atoms with Crippen molar-refractivity contribution in [2.24, 2.45) is 5.92 Å². The van der Waals surface area contributed by atoms with Gasteiger partial charge in [-0.2, -0.15) is 0 Å². The fourth-order valence-corrected chi connectivity index (χ4v) is 2.03. The van der Waals surface area contributed by atoms with Gasteiger partial charge in [-0.15, -0.1) is 0 Å². The number of ketones is 1. The molecule has 2 atom stereocenters. The van der Waals surface area contributed by atoms with Crippen LogP contribution in [0.3, 0.4) is 0 Å². The Morgan fingerprint density at radius 1 is 1.62 bits per heavy atom. The molecule has 0 radical (unpaired) electrons. The number of nitrogens with zero attached hydrogens (tertiary/aromatic N) is 1. The predicted octanol–water partition coefficient (Wildman–Crippen LogP) is 2.16. The van der Waals surface area contributed by atoms with Crippen LogP contribution in [0.5, 0.6) is 0 Å². The lowest BCUT2D eigenvalue weighted by Crippen LogP contribution is -2.34. The first-order chi connectivity index (χ1) is 6.33. The van der Waals surface area contributed by atoms with Crippen molar-refractivity contribution in [2.75, 3.05) is 0 Å². The molecular formula is C11H13NO. The van der Waals surface area contributed by atoms with Gasteiger partial charge in [-0.1, -0.05) is 13.0 Å². The monoisotopic (exact) mass is 175 g/mol. The average Bonchev–Trinajstić information content (AvgIpc) is 2.16. The van der Waals surface area contributed by atoms with E-state index in [-0.39, 0.29) is 5.92 Å². The highest BCUT2D eigenvalue weighted by Crippen LogP contribution is 2.40. The Morgan fingerprint density at radius 3 is 3.00 bits per heavy atom. The van der Waals surface area contributed by atoms with Gasteiger partial charge in [0, 0.05) is 30.7 Å². The fraction of sp³-hybridized carbons (Fsp3) is 0.455. The van der Waals surface area contributed by atoms with Gasteiger partial charge in [0.05, 0.1) is 0 Å². The third-order valence-electron chi connectivity index (χ3n) is 2.87. The quantitative estimate of drug-likeness (QED) is 0.689. The lowest BCUT2D eigenvalue weighted by Gasteiger charge is -2.34. The minimum Gasteiger partial charge on any atom is -0.299 e. The van der Waals surface area contributed by atoms with Crippen molar-refractivity contribution in [2.45, 2.75) is 25.7 Å². The maximum Gasteiger partial charge on any atom is 0.137 e. The van der Waals surface area contributed by atoms with Crippen molar-refractivity contribution in [1.82, 2.24) is 4.98 Å². The molecule has 2 nitrogen and oxygen atoms in total. The van der Waals surface area contributed by atoms with E-state index in [4.69, 9.17) is 0 Å². The van der Waals surface area contributed by atoms with Crippen LogP contribution >= 0.6 is 0 Å². The summed E-state index contributed by atoms with van der Waals surface area (Å²) in [6.07, 6.45) is 5.31. The molecular weight excluding hydrogens is 162 g/mol. The van der Waals surface area contributed by atoms with Gasteiger partial charge >= 0.3 is 0 Å². The topological polar surface area (TPSA) is 30.0 Å². The largest absolute Gasteiger partial charge is 0.299 e. The van der Waals surface area contributed by atoms with Crippen LogP contribution in [0.2, 0.25) is 0 Å². The van der Waals surface area contributed by atoms with Gasteiger partial charge < -0.3 is 0 Å². The molecule has 68 valence electrons. The van der Waals surface area contributed by atoms with Crippen LogP contribution in [0.4, 0.5) is 0 Å². The summed E-state index contributed by atoms with van der Waals surface area (Å²) in [4.78, 5) is 15.3. The van der Waals surface area contributed by atoms with Crippen LogP contribution in [0, 0.1) is 5.92 Å². The summed E-state index contributed by atoms with van der Waals surface area (Å²) in [5.74, 6) is 1.10. The zero-order valence-electron chi connectivity index (χ0n) is 7.73. The Balaban J connectivity index is 2.16. The highest BCUT2D eigenvalue weighted by atomic mass is 16.1. The zero-order valence-corrected chi connectivity index (χ0v) is 7.73. The number of Topliss-reactive ketones (excluding diaryl/α,β-unsaturated/α-hetero) is 1. The van der Waals surface area contributed by atoms with E-state index >= 15 is 0 Å². The molecule has 2 unspecified atom stereocenters. The Hall–Kier alpha value is -1.18. The molecule has 0 aromatic carbocycles. The number of carbonyl (C=O) groups is 1. The summed E-state index contributed by atoms with van der Waals surface area (Å²) < 4.78 is 0. The van der Waals surface area contributed by atoms with Crippen molar-refractivity contribution in [3.05, 3.63) is 30.1 Å². The van der Waals surface area contributed by atoms with Gasteiger partial charge in [0.15, 0.2) is 0 Å². The molecule has 0 saturated heterocycles. The number of hydrogen-bond donors (Lipinski definition) is 0. The zero-order chi connectivity index (χ0) is 9.26. The highest BCUT2D eigenvalue weighted by Gasteiger charge is 2.38. The van der Waals surface area contributed by atoms with E-state index in [1.807, 2.05) is 12.3 Å². The van der Waals surface area contributed by atoms with Gasteiger partial charge in [-0.25, -0.2) is 0 Å². The minimum absolute atomic E-state index is 0.254. The summed E-state index contributed by atoms with van der Waals surface area (Å²) in [6, 6.07) is 4.00. The Labute approximate surface area is 78.0 Å². The van der Waals surface area contributed by atoms with Crippen LogP contribution < -0.4 is 0 Å². The second kappa shape index (κ2) is 3.29. The molecule has 2 rings (SSSR count). The van der Waals surface area contributed by atoms with Crippen LogP contribution in [-0.4, -0.2) is 10.8 Å². The summed E-state index contributed by atoms with van der Waals surface area (Å²) in [5.41, 5.74) is 1.22. The van der Waals surface area contributed by atoms with Gasteiger partial charge in [0.2, 0.25) is 0 Å². The molecule has 1 aliphatic rings. The van der Waals surface area contributed by atoms with Crippen LogP contribution in [0.15, 0.2) is 24.5 Å².